The number of ether oxygens (including phenoxy) is 1. The molecule has 24 heavy (non-hydrogen) atoms. The maximum Gasteiger partial charge on any atom is 0.224 e. The van der Waals surface area contributed by atoms with E-state index in [9.17, 15) is 9.59 Å². The molecule has 6 heteroatoms. The topological polar surface area (TPSA) is 70.7 Å². The van der Waals surface area contributed by atoms with E-state index in [1.54, 1.807) is 4.90 Å². The van der Waals surface area contributed by atoms with Crippen LogP contribution in [0.5, 0.6) is 5.75 Å². The molecule has 0 bridgehead atoms. The molecule has 130 valence electrons. The number of para-hydroxylation sites is 1. The number of hydrogen-bond acceptors (Lipinski definition) is 4. The Morgan fingerprint density at radius 2 is 2.00 bits per heavy atom. The number of nitrogens with zero attached hydrogens (tertiary/aromatic N) is 1. The van der Waals surface area contributed by atoms with Gasteiger partial charge < -0.3 is 20.3 Å². The first-order valence-electron chi connectivity index (χ1n) is 8.69. The third kappa shape index (κ3) is 4.47. The van der Waals surface area contributed by atoms with Crippen molar-refractivity contribution < 1.29 is 14.3 Å². The Hall–Kier alpha value is -2.08. The molecule has 1 atom stereocenters. The van der Waals surface area contributed by atoms with E-state index in [0.29, 0.717) is 26.1 Å². The normalized spacial score (nSPS) is 21.8. The van der Waals surface area contributed by atoms with E-state index in [2.05, 4.69) is 10.6 Å². The number of hydrogen-bond donors (Lipinski definition) is 2. The summed E-state index contributed by atoms with van der Waals surface area (Å²) in [5, 5.41) is 6.30. The van der Waals surface area contributed by atoms with E-state index in [1.165, 1.54) is 0 Å². The van der Waals surface area contributed by atoms with Crippen LogP contribution in [0.15, 0.2) is 30.3 Å². The van der Waals surface area contributed by atoms with Crippen molar-refractivity contribution in [1.29, 1.82) is 0 Å². The molecule has 3 rings (SSSR count). The van der Waals surface area contributed by atoms with Crippen molar-refractivity contribution in [3.05, 3.63) is 30.3 Å². The summed E-state index contributed by atoms with van der Waals surface area (Å²) in [5.74, 6) is 1.07. The van der Waals surface area contributed by atoms with Crippen LogP contribution in [0.4, 0.5) is 0 Å². The second-order valence-electron chi connectivity index (χ2n) is 6.44. The van der Waals surface area contributed by atoms with Crippen molar-refractivity contribution in [2.75, 3.05) is 32.8 Å². The quantitative estimate of drug-likeness (QED) is 0.808. The van der Waals surface area contributed by atoms with Gasteiger partial charge in [0.2, 0.25) is 11.8 Å². The summed E-state index contributed by atoms with van der Waals surface area (Å²) in [6.07, 6.45) is 2.14. The van der Waals surface area contributed by atoms with Gasteiger partial charge in [0.1, 0.15) is 12.4 Å². The summed E-state index contributed by atoms with van der Waals surface area (Å²) < 4.78 is 5.64. The maximum absolute atomic E-state index is 12.3. The highest BCUT2D eigenvalue weighted by Gasteiger charge is 2.32. The van der Waals surface area contributed by atoms with Gasteiger partial charge in [0.25, 0.3) is 0 Å². The Bertz CT molecular complexity index is 558. The van der Waals surface area contributed by atoms with Gasteiger partial charge in [0.15, 0.2) is 0 Å². The zero-order chi connectivity index (χ0) is 16.8. The summed E-state index contributed by atoms with van der Waals surface area (Å²) in [6, 6.07) is 9.50. The van der Waals surface area contributed by atoms with E-state index in [4.69, 9.17) is 4.74 Å². The lowest BCUT2D eigenvalue weighted by Gasteiger charge is -2.23. The van der Waals surface area contributed by atoms with Gasteiger partial charge in [-0.15, -0.1) is 0 Å². The van der Waals surface area contributed by atoms with E-state index >= 15 is 0 Å². The molecule has 1 unspecified atom stereocenters. The summed E-state index contributed by atoms with van der Waals surface area (Å²) in [7, 11) is 0. The van der Waals surface area contributed by atoms with Crippen LogP contribution in [0, 0.1) is 5.92 Å². The number of rotatable bonds is 6. The Balaban J connectivity index is 1.41. The minimum atomic E-state index is -0.0726. The SMILES string of the molecule is O=C(NC1CC(=O)N(CCOc2ccccc2)C1)C1CCNCC1. The second-order valence-corrected chi connectivity index (χ2v) is 6.44. The van der Waals surface area contributed by atoms with Crippen LogP contribution in [0.25, 0.3) is 0 Å². The summed E-state index contributed by atoms with van der Waals surface area (Å²) in [5.41, 5.74) is 0. The third-order valence-electron chi connectivity index (χ3n) is 4.64. The van der Waals surface area contributed by atoms with Gasteiger partial charge in [-0.05, 0) is 38.1 Å². The highest BCUT2D eigenvalue weighted by Crippen LogP contribution is 2.16. The first-order chi connectivity index (χ1) is 11.7. The molecule has 2 fully saturated rings. The van der Waals surface area contributed by atoms with Crippen molar-refractivity contribution in [2.45, 2.75) is 25.3 Å². The lowest BCUT2D eigenvalue weighted by atomic mass is 9.97. The number of piperidine rings is 1. The molecule has 2 N–H and O–H groups in total. The van der Waals surface area contributed by atoms with Crippen LogP contribution >= 0.6 is 0 Å². The van der Waals surface area contributed by atoms with Crippen LogP contribution in [-0.4, -0.2) is 55.5 Å². The van der Waals surface area contributed by atoms with Crippen LogP contribution in [0.1, 0.15) is 19.3 Å². The molecule has 1 aromatic carbocycles. The highest BCUT2D eigenvalue weighted by atomic mass is 16.5. The van der Waals surface area contributed by atoms with Crippen LogP contribution in [0.3, 0.4) is 0 Å². The molecule has 2 amide bonds. The number of amides is 2. The molecular formula is C18H25N3O3. The molecule has 2 aliphatic rings. The summed E-state index contributed by atoms with van der Waals surface area (Å²) in [4.78, 5) is 26.1. The van der Waals surface area contributed by atoms with E-state index in [0.717, 1.165) is 31.7 Å². The van der Waals surface area contributed by atoms with Crippen molar-refractivity contribution >= 4 is 11.8 Å². The molecule has 0 spiro atoms. The average molecular weight is 331 g/mol. The van der Waals surface area contributed by atoms with E-state index in [-0.39, 0.29) is 23.8 Å². The number of benzene rings is 1. The van der Waals surface area contributed by atoms with Crippen molar-refractivity contribution in [3.8, 4) is 5.75 Å². The Labute approximate surface area is 142 Å². The number of carbonyl (C=O) groups excluding carboxylic acids is 2. The molecule has 1 aromatic rings. The lowest BCUT2D eigenvalue weighted by molar-refractivity contribution is -0.128. The summed E-state index contributed by atoms with van der Waals surface area (Å²) in [6.45, 7) is 3.38. The third-order valence-corrected chi connectivity index (χ3v) is 4.64. The fraction of sp³-hybridized carbons (Fsp3) is 0.556. The van der Waals surface area contributed by atoms with Gasteiger partial charge in [-0.2, -0.15) is 0 Å². The second kappa shape index (κ2) is 8.15. The van der Waals surface area contributed by atoms with Crippen LogP contribution in [-0.2, 0) is 9.59 Å². The molecule has 2 saturated heterocycles. The Morgan fingerprint density at radius 1 is 1.25 bits per heavy atom. The zero-order valence-corrected chi connectivity index (χ0v) is 13.9. The predicted octanol–water partition coefficient (Wildman–Crippen LogP) is 0.782. The molecule has 0 aliphatic carbocycles. The fourth-order valence-electron chi connectivity index (χ4n) is 3.28. The van der Waals surface area contributed by atoms with Crippen molar-refractivity contribution in [1.82, 2.24) is 15.5 Å². The van der Waals surface area contributed by atoms with Gasteiger partial charge in [0.05, 0.1) is 12.6 Å². The minimum Gasteiger partial charge on any atom is -0.492 e. The van der Waals surface area contributed by atoms with Crippen molar-refractivity contribution in [2.24, 2.45) is 5.92 Å². The number of likely N-dealkylation sites (tertiary alicyclic amines) is 1. The zero-order valence-electron chi connectivity index (χ0n) is 13.9. The van der Waals surface area contributed by atoms with Gasteiger partial charge >= 0.3 is 0 Å². The average Bonchev–Trinajstić information content (AvgIpc) is 2.96. The van der Waals surface area contributed by atoms with E-state index < -0.39 is 0 Å². The first kappa shape index (κ1) is 16.8. The predicted molar refractivity (Wildman–Crippen MR) is 90.7 cm³/mol. The van der Waals surface area contributed by atoms with Crippen LogP contribution in [0.2, 0.25) is 0 Å². The minimum absolute atomic E-state index is 0.0726. The fourth-order valence-corrected chi connectivity index (χ4v) is 3.28. The van der Waals surface area contributed by atoms with Crippen LogP contribution < -0.4 is 15.4 Å². The molecular weight excluding hydrogens is 306 g/mol. The van der Waals surface area contributed by atoms with Gasteiger partial charge in [0, 0.05) is 18.9 Å². The summed E-state index contributed by atoms with van der Waals surface area (Å²) >= 11 is 0. The molecule has 2 aliphatic heterocycles. The maximum atomic E-state index is 12.3. The smallest absolute Gasteiger partial charge is 0.224 e. The molecule has 0 saturated carbocycles. The molecule has 6 nitrogen and oxygen atoms in total. The highest BCUT2D eigenvalue weighted by molar-refractivity contribution is 5.83. The van der Waals surface area contributed by atoms with Gasteiger partial charge in [-0.3, -0.25) is 9.59 Å². The number of carbonyl (C=O) groups is 2. The Kier molecular flexibility index (Phi) is 5.69. The molecule has 2 heterocycles. The van der Waals surface area contributed by atoms with E-state index in [1.807, 2.05) is 30.3 Å². The molecule has 0 aromatic heterocycles. The van der Waals surface area contributed by atoms with Crippen molar-refractivity contribution in [3.63, 3.8) is 0 Å². The van der Waals surface area contributed by atoms with Gasteiger partial charge in [-0.1, -0.05) is 18.2 Å². The Morgan fingerprint density at radius 3 is 2.75 bits per heavy atom. The number of nitrogens with one attached hydrogen (secondary N) is 2. The standard InChI is InChI=1S/C18H25N3O3/c22-17-12-15(20-18(23)14-6-8-19-9-7-14)13-21(17)10-11-24-16-4-2-1-3-5-16/h1-5,14-15,19H,6-13H2,(H,20,23). The molecule has 0 radical (unpaired) electrons. The largest absolute Gasteiger partial charge is 0.492 e. The monoisotopic (exact) mass is 331 g/mol. The van der Waals surface area contributed by atoms with Gasteiger partial charge in [-0.25, -0.2) is 0 Å². The first-order valence-corrected chi connectivity index (χ1v) is 8.69. The lowest BCUT2D eigenvalue weighted by Crippen LogP contribution is -2.43.